The van der Waals surface area contributed by atoms with Gasteiger partial charge in [-0.05, 0) is 68.5 Å². The summed E-state index contributed by atoms with van der Waals surface area (Å²) in [5, 5.41) is 8.80. The maximum atomic E-state index is 13.2. The lowest BCUT2D eigenvalue weighted by Gasteiger charge is -2.20. The van der Waals surface area contributed by atoms with Gasteiger partial charge in [-0.25, -0.2) is 9.18 Å². The lowest BCUT2D eigenvalue weighted by atomic mass is 9.90. The second-order valence-electron chi connectivity index (χ2n) is 7.64. The monoisotopic (exact) mass is 417 g/mol. The molecule has 2 aromatic heterocycles. The number of rotatable bonds is 4. The Kier molecular flexibility index (Phi) is 4.94. The molecule has 4 aromatic rings. The molecule has 31 heavy (non-hydrogen) atoms. The third kappa shape index (κ3) is 3.67. The molecule has 0 fully saturated rings. The van der Waals surface area contributed by atoms with E-state index in [-0.39, 0.29) is 17.6 Å². The summed E-state index contributed by atoms with van der Waals surface area (Å²) in [5.74, 6) is -0.353. The van der Waals surface area contributed by atoms with Gasteiger partial charge in [0, 0.05) is 16.6 Å². The van der Waals surface area contributed by atoms with E-state index in [1.165, 1.54) is 12.1 Å². The van der Waals surface area contributed by atoms with E-state index in [2.05, 4.69) is 10.2 Å². The van der Waals surface area contributed by atoms with Crippen LogP contribution in [0.2, 0.25) is 0 Å². The van der Waals surface area contributed by atoms with Crippen molar-refractivity contribution in [2.24, 2.45) is 0 Å². The van der Waals surface area contributed by atoms with E-state index < -0.39 is 12.1 Å². The number of aryl methyl sites for hydroxylation is 1. The highest BCUT2D eigenvalue weighted by Gasteiger charge is 2.26. The molecule has 0 saturated heterocycles. The Hall–Kier alpha value is -3.61. The van der Waals surface area contributed by atoms with Crippen LogP contribution in [-0.4, -0.2) is 21.2 Å². The highest BCUT2D eigenvalue weighted by molar-refractivity contribution is 6.05. The quantitative estimate of drug-likeness (QED) is 0.424. The van der Waals surface area contributed by atoms with Gasteiger partial charge in [0.05, 0.1) is 11.1 Å². The second kappa shape index (κ2) is 7.91. The Morgan fingerprint density at radius 3 is 2.68 bits per heavy atom. The molecular formula is C24H20FN3O3. The normalized spacial score (nSPS) is 14.3. The minimum atomic E-state index is -0.736. The molecule has 7 heteroatoms. The smallest absolute Gasteiger partial charge is 0.339 e. The Balaban J connectivity index is 1.44. The highest BCUT2D eigenvalue weighted by Crippen LogP contribution is 2.31. The fourth-order valence-electron chi connectivity index (χ4n) is 3.98. The van der Waals surface area contributed by atoms with E-state index in [9.17, 15) is 9.18 Å². The molecule has 0 aliphatic heterocycles. The van der Waals surface area contributed by atoms with E-state index in [0.717, 1.165) is 47.8 Å². The van der Waals surface area contributed by atoms with Gasteiger partial charge in [-0.15, -0.1) is 10.2 Å². The zero-order chi connectivity index (χ0) is 21.4. The van der Waals surface area contributed by atoms with Crippen LogP contribution in [0.25, 0.3) is 22.4 Å². The van der Waals surface area contributed by atoms with Gasteiger partial charge in [0.15, 0.2) is 6.10 Å². The van der Waals surface area contributed by atoms with Crippen LogP contribution in [0, 0.1) is 5.82 Å². The van der Waals surface area contributed by atoms with Gasteiger partial charge in [0.25, 0.3) is 5.89 Å². The Labute approximate surface area is 178 Å². The maximum absolute atomic E-state index is 13.2. The molecule has 0 N–H and O–H groups in total. The number of carbonyl (C=O) groups is 1. The van der Waals surface area contributed by atoms with Crippen LogP contribution in [0.4, 0.5) is 4.39 Å². The Bertz CT molecular complexity index is 1270. The minimum Gasteiger partial charge on any atom is -0.449 e. The molecule has 2 heterocycles. The van der Waals surface area contributed by atoms with Crippen molar-refractivity contribution in [3.63, 3.8) is 0 Å². The molecule has 1 unspecified atom stereocenters. The van der Waals surface area contributed by atoms with E-state index in [4.69, 9.17) is 14.1 Å². The van der Waals surface area contributed by atoms with Crippen LogP contribution in [0.1, 0.15) is 53.4 Å². The molecule has 0 saturated carbocycles. The number of nitrogens with zero attached hydrogens (tertiary/aromatic N) is 3. The molecule has 0 amide bonds. The highest BCUT2D eigenvalue weighted by atomic mass is 19.1. The number of hydrogen-bond donors (Lipinski definition) is 0. The largest absolute Gasteiger partial charge is 0.449 e. The maximum Gasteiger partial charge on any atom is 0.339 e. The van der Waals surface area contributed by atoms with Crippen LogP contribution in [0.5, 0.6) is 0 Å². The van der Waals surface area contributed by atoms with Gasteiger partial charge in [-0.2, -0.15) is 0 Å². The van der Waals surface area contributed by atoms with E-state index in [0.29, 0.717) is 11.1 Å². The number of ether oxygens (including phenoxy) is 1. The summed E-state index contributed by atoms with van der Waals surface area (Å²) in [6, 6.07) is 13.4. The van der Waals surface area contributed by atoms with Crippen molar-refractivity contribution in [2.75, 3.05) is 0 Å². The van der Waals surface area contributed by atoms with Crippen molar-refractivity contribution >= 4 is 16.9 Å². The number of hydrogen-bond acceptors (Lipinski definition) is 6. The first-order valence-corrected chi connectivity index (χ1v) is 10.3. The van der Waals surface area contributed by atoms with Gasteiger partial charge in [-0.3, -0.25) is 4.98 Å². The van der Waals surface area contributed by atoms with Crippen molar-refractivity contribution < 1.29 is 18.3 Å². The van der Waals surface area contributed by atoms with Crippen LogP contribution in [0.15, 0.2) is 52.9 Å². The summed E-state index contributed by atoms with van der Waals surface area (Å²) in [5.41, 5.74) is 3.90. The molecule has 2 aromatic carbocycles. The average molecular weight is 417 g/mol. The third-order valence-electron chi connectivity index (χ3n) is 5.54. The van der Waals surface area contributed by atoms with E-state index in [1.54, 1.807) is 19.1 Å². The van der Waals surface area contributed by atoms with Crippen molar-refractivity contribution in [1.29, 1.82) is 0 Å². The summed E-state index contributed by atoms with van der Waals surface area (Å²) >= 11 is 0. The van der Waals surface area contributed by atoms with Crippen molar-refractivity contribution in [3.05, 3.63) is 77.1 Å². The van der Waals surface area contributed by atoms with Crippen molar-refractivity contribution in [2.45, 2.75) is 38.7 Å². The standard InChI is InChI=1S/C24H20FN3O3/c1-14(22-27-28-23(31-22)15-10-12-16(25)13-11-15)30-24(29)21-17-6-2-4-8-19(17)26-20-9-5-3-7-18(20)21/h2,4,6,8,10-14H,3,5,7,9H2,1H3. The number of halogens is 1. The third-order valence-corrected chi connectivity index (χ3v) is 5.54. The van der Waals surface area contributed by atoms with E-state index >= 15 is 0 Å². The predicted octanol–water partition coefficient (Wildman–Crippen LogP) is 5.22. The Morgan fingerprint density at radius 1 is 1.06 bits per heavy atom. The molecule has 0 bridgehead atoms. The summed E-state index contributed by atoms with van der Waals surface area (Å²) in [6.45, 7) is 1.69. The number of esters is 1. The molecule has 0 radical (unpaired) electrons. The lowest BCUT2D eigenvalue weighted by Crippen LogP contribution is -2.17. The lowest BCUT2D eigenvalue weighted by molar-refractivity contribution is 0.0280. The summed E-state index contributed by atoms with van der Waals surface area (Å²) in [4.78, 5) is 18.0. The zero-order valence-corrected chi connectivity index (χ0v) is 17.0. The van der Waals surface area contributed by atoms with Crippen LogP contribution in [0.3, 0.4) is 0 Å². The average Bonchev–Trinajstić information content (AvgIpc) is 3.28. The van der Waals surface area contributed by atoms with Gasteiger partial charge in [-0.1, -0.05) is 18.2 Å². The van der Waals surface area contributed by atoms with Crippen LogP contribution < -0.4 is 0 Å². The molecule has 1 atom stereocenters. The fraction of sp³-hybridized carbons (Fsp3) is 0.250. The molecule has 6 nitrogen and oxygen atoms in total. The molecule has 5 rings (SSSR count). The van der Waals surface area contributed by atoms with Gasteiger partial charge < -0.3 is 9.15 Å². The molecule has 1 aliphatic carbocycles. The summed E-state index contributed by atoms with van der Waals surface area (Å²) in [6.07, 6.45) is 3.02. The summed E-state index contributed by atoms with van der Waals surface area (Å²) in [7, 11) is 0. The molecule has 156 valence electrons. The number of aromatic nitrogens is 3. The zero-order valence-electron chi connectivity index (χ0n) is 17.0. The number of carbonyl (C=O) groups excluding carboxylic acids is 1. The molecule has 0 spiro atoms. The number of para-hydroxylation sites is 1. The van der Waals surface area contributed by atoms with Gasteiger partial charge >= 0.3 is 5.97 Å². The van der Waals surface area contributed by atoms with Crippen molar-refractivity contribution in [3.8, 4) is 11.5 Å². The fourth-order valence-corrected chi connectivity index (χ4v) is 3.98. The van der Waals surface area contributed by atoms with Crippen molar-refractivity contribution in [1.82, 2.24) is 15.2 Å². The SMILES string of the molecule is CC(OC(=O)c1c2c(nc3ccccc13)CCCC2)c1nnc(-c2ccc(F)cc2)o1. The summed E-state index contributed by atoms with van der Waals surface area (Å²) < 4.78 is 24.6. The van der Waals surface area contributed by atoms with Crippen LogP contribution in [-0.2, 0) is 17.6 Å². The second-order valence-corrected chi connectivity index (χ2v) is 7.64. The predicted molar refractivity (Wildman–Crippen MR) is 112 cm³/mol. The molecule has 1 aliphatic rings. The first kappa shape index (κ1) is 19.4. The van der Waals surface area contributed by atoms with Crippen LogP contribution >= 0.6 is 0 Å². The Morgan fingerprint density at radius 2 is 1.84 bits per heavy atom. The number of benzene rings is 2. The van der Waals surface area contributed by atoms with Gasteiger partial charge in [0.1, 0.15) is 5.82 Å². The number of pyridine rings is 1. The van der Waals surface area contributed by atoms with Gasteiger partial charge in [0.2, 0.25) is 5.89 Å². The van der Waals surface area contributed by atoms with E-state index in [1.807, 2.05) is 24.3 Å². The first-order valence-electron chi connectivity index (χ1n) is 10.3. The molecular weight excluding hydrogens is 397 g/mol. The number of fused-ring (bicyclic) bond motifs is 2. The minimum absolute atomic E-state index is 0.180. The first-order chi connectivity index (χ1) is 15.1. The topological polar surface area (TPSA) is 78.1 Å².